The maximum Gasteiger partial charge on any atom is 0.328 e. The number of pyridine rings is 1. The molecule has 0 aliphatic carbocycles. The molecular weight excluding hydrogens is 288 g/mol. The highest BCUT2D eigenvalue weighted by atomic mass is 35.5. The van der Waals surface area contributed by atoms with Crippen molar-refractivity contribution in [3.8, 4) is 0 Å². The minimum atomic E-state index is -0.946. The first-order valence-corrected chi connectivity index (χ1v) is 6.25. The fraction of sp³-hybridized carbons (Fsp3) is 0.125. The van der Waals surface area contributed by atoms with E-state index in [1.807, 2.05) is 36.4 Å². The number of benzene rings is 1. The molecule has 0 amide bonds. The second-order valence-electron chi connectivity index (χ2n) is 4.55. The number of nitrogens with two attached hydrogens (primary N) is 1. The highest BCUT2D eigenvalue weighted by Gasteiger charge is 2.09. The highest BCUT2D eigenvalue weighted by Crippen LogP contribution is 2.21. The van der Waals surface area contributed by atoms with E-state index in [2.05, 4.69) is 4.98 Å². The van der Waals surface area contributed by atoms with Crippen LogP contribution in [-0.2, 0) is 4.79 Å². The van der Waals surface area contributed by atoms with Crippen LogP contribution in [0.3, 0.4) is 0 Å². The van der Waals surface area contributed by atoms with Crippen molar-refractivity contribution < 1.29 is 9.90 Å². The van der Waals surface area contributed by atoms with Crippen LogP contribution in [0.1, 0.15) is 29.7 Å². The molecule has 0 fully saturated rings. The van der Waals surface area contributed by atoms with Crippen molar-refractivity contribution >= 4 is 23.9 Å². The van der Waals surface area contributed by atoms with E-state index in [1.54, 1.807) is 19.3 Å². The Labute approximate surface area is 129 Å². The molecule has 110 valence electrons. The molecule has 0 radical (unpaired) electrons. The summed E-state index contributed by atoms with van der Waals surface area (Å²) < 4.78 is 0. The number of hydrogen-bond donors (Lipinski definition) is 2. The maximum atomic E-state index is 10.6. The summed E-state index contributed by atoms with van der Waals surface area (Å²) in [6.45, 7) is 1.77. The molecule has 0 aliphatic heterocycles. The fourth-order valence-electron chi connectivity index (χ4n) is 1.97. The summed E-state index contributed by atoms with van der Waals surface area (Å²) in [5.74, 6) is -0.946. The van der Waals surface area contributed by atoms with E-state index in [9.17, 15) is 4.79 Å². The van der Waals surface area contributed by atoms with Crippen LogP contribution in [0.15, 0.2) is 54.9 Å². The molecule has 1 atom stereocenters. The van der Waals surface area contributed by atoms with Gasteiger partial charge in [0.1, 0.15) is 0 Å². The summed E-state index contributed by atoms with van der Waals surface area (Å²) in [4.78, 5) is 14.7. The molecule has 1 aromatic heterocycles. The van der Waals surface area contributed by atoms with Gasteiger partial charge in [0.05, 0.1) is 6.04 Å². The number of halogens is 1. The molecule has 0 bridgehead atoms. The molecule has 0 spiro atoms. The van der Waals surface area contributed by atoms with E-state index in [0.717, 1.165) is 16.7 Å². The van der Waals surface area contributed by atoms with Crippen molar-refractivity contribution in [2.45, 2.75) is 13.0 Å². The van der Waals surface area contributed by atoms with Crippen molar-refractivity contribution in [3.05, 3.63) is 71.6 Å². The highest BCUT2D eigenvalue weighted by molar-refractivity contribution is 5.89. The molecular formula is C16H17ClN2O2. The molecule has 3 N–H and O–H groups in total. The lowest BCUT2D eigenvalue weighted by Crippen LogP contribution is -2.11. The van der Waals surface area contributed by atoms with E-state index in [4.69, 9.17) is 10.8 Å². The summed E-state index contributed by atoms with van der Waals surface area (Å²) in [6, 6.07) is 11.1. The molecule has 0 saturated heterocycles. The summed E-state index contributed by atoms with van der Waals surface area (Å²) >= 11 is 0. The monoisotopic (exact) mass is 304 g/mol. The smallest absolute Gasteiger partial charge is 0.328 e. The number of carbonyl (C=O) groups is 1. The minimum Gasteiger partial charge on any atom is -0.478 e. The minimum absolute atomic E-state index is 0. The van der Waals surface area contributed by atoms with Gasteiger partial charge in [0.15, 0.2) is 0 Å². The number of aromatic nitrogens is 1. The zero-order valence-electron chi connectivity index (χ0n) is 11.6. The van der Waals surface area contributed by atoms with Crippen molar-refractivity contribution in [2.24, 2.45) is 5.73 Å². The van der Waals surface area contributed by atoms with E-state index in [1.165, 1.54) is 6.08 Å². The molecule has 2 rings (SSSR count). The average molecular weight is 305 g/mol. The van der Waals surface area contributed by atoms with Gasteiger partial charge >= 0.3 is 5.97 Å². The molecule has 1 heterocycles. The number of hydrogen-bond acceptors (Lipinski definition) is 3. The third kappa shape index (κ3) is 4.41. The van der Waals surface area contributed by atoms with Gasteiger partial charge in [-0.15, -0.1) is 12.4 Å². The second-order valence-corrected chi connectivity index (χ2v) is 4.55. The predicted molar refractivity (Wildman–Crippen MR) is 85.2 cm³/mol. The molecule has 5 heteroatoms. The standard InChI is InChI=1S/C16H16N2O2.ClH/c1-11(9-15(19)20)12-4-6-13(7-5-12)16(17)14-3-2-8-18-10-14;/h2-10,16H,17H2,1H3,(H,19,20);1H. The van der Waals surface area contributed by atoms with Gasteiger partial charge in [-0.2, -0.15) is 0 Å². The van der Waals surface area contributed by atoms with Crippen LogP contribution in [0.2, 0.25) is 0 Å². The molecule has 1 aromatic carbocycles. The third-order valence-electron chi connectivity index (χ3n) is 3.11. The SMILES string of the molecule is CC(=CC(=O)O)c1ccc(C(N)c2cccnc2)cc1.Cl. The molecule has 4 nitrogen and oxygen atoms in total. The molecule has 21 heavy (non-hydrogen) atoms. The van der Waals surface area contributed by atoms with Gasteiger partial charge in [-0.25, -0.2) is 4.79 Å². The van der Waals surface area contributed by atoms with Gasteiger partial charge < -0.3 is 10.8 Å². The van der Waals surface area contributed by atoms with E-state index < -0.39 is 5.97 Å². The fourth-order valence-corrected chi connectivity index (χ4v) is 1.97. The Morgan fingerprint density at radius 1 is 1.24 bits per heavy atom. The van der Waals surface area contributed by atoms with Crippen molar-refractivity contribution in [3.63, 3.8) is 0 Å². The topological polar surface area (TPSA) is 76.2 Å². The van der Waals surface area contributed by atoms with E-state index >= 15 is 0 Å². The number of nitrogens with zero attached hydrogens (tertiary/aromatic N) is 1. The number of carboxylic acids is 1. The summed E-state index contributed by atoms with van der Waals surface area (Å²) in [7, 11) is 0. The first kappa shape index (κ1) is 16.9. The predicted octanol–water partition coefficient (Wildman–Crippen LogP) is 3.04. The maximum absolute atomic E-state index is 10.6. The third-order valence-corrected chi connectivity index (χ3v) is 3.11. The summed E-state index contributed by atoms with van der Waals surface area (Å²) in [6.07, 6.45) is 4.64. The molecule has 0 aliphatic rings. The van der Waals surface area contributed by atoms with Crippen LogP contribution in [0.5, 0.6) is 0 Å². The van der Waals surface area contributed by atoms with Gasteiger partial charge in [0, 0.05) is 18.5 Å². The van der Waals surface area contributed by atoms with E-state index in [0.29, 0.717) is 5.57 Å². The lowest BCUT2D eigenvalue weighted by Gasteiger charge is -2.12. The van der Waals surface area contributed by atoms with Gasteiger partial charge in [0.2, 0.25) is 0 Å². The van der Waals surface area contributed by atoms with Crippen LogP contribution < -0.4 is 5.73 Å². The zero-order chi connectivity index (χ0) is 14.5. The van der Waals surface area contributed by atoms with Crippen LogP contribution in [-0.4, -0.2) is 16.1 Å². The molecule has 0 saturated carbocycles. The Morgan fingerprint density at radius 2 is 1.90 bits per heavy atom. The molecule has 2 aromatic rings. The van der Waals surface area contributed by atoms with Crippen LogP contribution in [0.25, 0.3) is 5.57 Å². The number of rotatable bonds is 4. The first-order chi connectivity index (χ1) is 9.58. The number of aliphatic carboxylic acids is 1. The first-order valence-electron chi connectivity index (χ1n) is 6.25. The van der Waals surface area contributed by atoms with Crippen molar-refractivity contribution in [2.75, 3.05) is 0 Å². The largest absolute Gasteiger partial charge is 0.478 e. The normalized spacial score (nSPS) is 12.4. The Bertz CT molecular complexity index is 624. The number of carboxylic acid groups (broad SMARTS) is 1. The van der Waals surface area contributed by atoms with Crippen molar-refractivity contribution in [1.82, 2.24) is 4.98 Å². The van der Waals surface area contributed by atoms with Gasteiger partial charge in [0.25, 0.3) is 0 Å². The Hall–Kier alpha value is -2.17. The zero-order valence-corrected chi connectivity index (χ0v) is 12.4. The Morgan fingerprint density at radius 3 is 2.43 bits per heavy atom. The van der Waals surface area contributed by atoms with Crippen LogP contribution in [0, 0.1) is 0 Å². The lowest BCUT2D eigenvalue weighted by atomic mass is 9.98. The lowest BCUT2D eigenvalue weighted by molar-refractivity contribution is -0.131. The average Bonchev–Trinajstić information content (AvgIpc) is 2.47. The number of allylic oxidation sites excluding steroid dienone is 1. The van der Waals surface area contributed by atoms with Crippen LogP contribution >= 0.6 is 12.4 Å². The van der Waals surface area contributed by atoms with Gasteiger partial charge in [-0.3, -0.25) is 4.98 Å². The van der Waals surface area contributed by atoms with E-state index in [-0.39, 0.29) is 18.4 Å². The van der Waals surface area contributed by atoms with Crippen LogP contribution in [0.4, 0.5) is 0 Å². The second kappa shape index (κ2) is 7.57. The Kier molecular flexibility index (Phi) is 6.09. The van der Waals surface area contributed by atoms with Gasteiger partial charge in [-0.05, 0) is 35.3 Å². The van der Waals surface area contributed by atoms with Crippen molar-refractivity contribution in [1.29, 1.82) is 0 Å². The Balaban J connectivity index is 0.00000220. The quantitative estimate of drug-likeness (QED) is 0.851. The van der Waals surface area contributed by atoms with Gasteiger partial charge in [-0.1, -0.05) is 30.3 Å². The molecule has 1 unspecified atom stereocenters. The summed E-state index contributed by atoms with van der Waals surface area (Å²) in [5, 5.41) is 8.73. The summed E-state index contributed by atoms with van der Waals surface area (Å²) in [5.41, 5.74) is 9.66.